The standard InChI is InChI=1S/C17H22N2/c1-12-5-4-6-13(11-12)17(18)15-9-10-19-16-8-3-2-7-14(15)16/h2-3,7-10,12-13,17H,4-6,11,18H2,1H3. The van der Waals surface area contributed by atoms with E-state index in [1.165, 1.54) is 36.6 Å². The van der Waals surface area contributed by atoms with Crippen LogP contribution in [0, 0.1) is 11.8 Å². The van der Waals surface area contributed by atoms with Gasteiger partial charge in [-0.2, -0.15) is 0 Å². The van der Waals surface area contributed by atoms with Crippen LogP contribution in [0.4, 0.5) is 0 Å². The van der Waals surface area contributed by atoms with E-state index in [0.29, 0.717) is 5.92 Å². The van der Waals surface area contributed by atoms with Crippen LogP contribution in [-0.2, 0) is 0 Å². The summed E-state index contributed by atoms with van der Waals surface area (Å²) in [6.45, 7) is 2.35. The number of hydrogen-bond acceptors (Lipinski definition) is 2. The van der Waals surface area contributed by atoms with E-state index in [1.54, 1.807) is 0 Å². The topological polar surface area (TPSA) is 38.9 Å². The number of nitrogens with two attached hydrogens (primary N) is 1. The molecule has 0 bridgehead atoms. The minimum Gasteiger partial charge on any atom is -0.324 e. The number of rotatable bonds is 2. The number of pyridine rings is 1. The molecule has 3 atom stereocenters. The summed E-state index contributed by atoms with van der Waals surface area (Å²) >= 11 is 0. The Balaban J connectivity index is 1.95. The average Bonchev–Trinajstić information content (AvgIpc) is 2.46. The largest absolute Gasteiger partial charge is 0.324 e. The third-order valence-corrected chi connectivity index (χ3v) is 4.53. The first-order valence-corrected chi connectivity index (χ1v) is 7.35. The molecule has 1 saturated carbocycles. The normalized spacial score (nSPS) is 25.4. The van der Waals surface area contributed by atoms with Crippen LogP contribution in [0.5, 0.6) is 0 Å². The lowest BCUT2D eigenvalue weighted by Gasteiger charge is -2.31. The third-order valence-electron chi connectivity index (χ3n) is 4.53. The Labute approximate surface area is 115 Å². The zero-order valence-electron chi connectivity index (χ0n) is 11.5. The number of para-hydroxylation sites is 1. The van der Waals surface area contributed by atoms with Crippen LogP contribution in [0.2, 0.25) is 0 Å². The van der Waals surface area contributed by atoms with E-state index < -0.39 is 0 Å². The van der Waals surface area contributed by atoms with Crippen LogP contribution >= 0.6 is 0 Å². The molecule has 2 aromatic rings. The van der Waals surface area contributed by atoms with Crippen LogP contribution in [0.25, 0.3) is 10.9 Å². The van der Waals surface area contributed by atoms with Crippen LogP contribution < -0.4 is 5.73 Å². The van der Waals surface area contributed by atoms with Crippen LogP contribution in [-0.4, -0.2) is 4.98 Å². The molecule has 19 heavy (non-hydrogen) atoms. The molecule has 1 aromatic carbocycles. The summed E-state index contributed by atoms with van der Waals surface area (Å²) in [5.41, 5.74) is 8.89. The Morgan fingerprint density at radius 1 is 1.21 bits per heavy atom. The fourth-order valence-electron chi connectivity index (χ4n) is 3.47. The highest BCUT2D eigenvalue weighted by Gasteiger charge is 2.26. The summed E-state index contributed by atoms with van der Waals surface area (Å²) in [7, 11) is 0. The van der Waals surface area contributed by atoms with Gasteiger partial charge in [0, 0.05) is 17.6 Å². The van der Waals surface area contributed by atoms with Crippen molar-refractivity contribution in [3.63, 3.8) is 0 Å². The van der Waals surface area contributed by atoms with Gasteiger partial charge in [0.2, 0.25) is 0 Å². The molecule has 0 radical (unpaired) electrons. The number of fused-ring (bicyclic) bond motifs is 1. The molecule has 1 fully saturated rings. The quantitative estimate of drug-likeness (QED) is 0.877. The lowest BCUT2D eigenvalue weighted by Crippen LogP contribution is -2.26. The van der Waals surface area contributed by atoms with Crippen LogP contribution in [0.1, 0.15) is 44.2 Å². The Bertz CT molecular complexity index is 559. The number of hydrogen-bond donors (Lipinski definition) is 1. The summed E-state index contributed by atoms with van der Waals surface area (Å²) in [5.74, 6) is 1.44. The highest BCUT2D eigenvalue weighted by atomic mass is 14.7. The van der Waals surface area contributed by atoms with Gasteiger partial charge >= 0.3 is 0 Å². The number of benzene rings is 1. The van der Waals surface area contributed by atoms with E-state index in [9.17, 15) is 0 Å². The summed E-state index contributed by atoms with van der Waals surface area (Å²) in [6, 6.07) is 10.6. The Morgan fingerprint density at radius 3 is 2.89 bits per heavy atom. The molecule has 2 nitrogen and oxygen atoms in total. The van der Waals surface area contributed by atoms with Crippen molar-refractivity contribution >= 4 is 10.9 Å². The van der Waals surface area contributed by atoms with Gasteiger partial charge in [-0.1, -0.05) is 38.0 Å². The molecule has 3 unspecified atom stereocenters. The van der Waals surface area contributed by atoms with E-state index in [0.717, 1.165) is 11.4 Å². The van der Waals surface area contributed by atoms with E-state index in [1.807, 2.05) is 12.3 Å². The molecule has 0 aliphatic heterocycles. The van der Waals surface area contributed by atoms with Gasteiger partial charge in [0.25, 0.3) is 0 Å². The van der Waals surface area contributed by atoms with Gasteiger partial charge in [-0.25, -0.2) is 0 Å². The summed E-state index contributed by atoms with van der Waals surface area (Å²) in [4.78, 5) is 4.43. The van der Waals surface area contributed by atoms with Crippen molar-refractivity contribution in [1.82, 2.24) is 4.98 Å². The van der Waals surface area contributed by atoms with Crippen molar-refractivity contribution in [2.45, 2.75) is 38.6 Å². The SMILES string of the molecule is CC1CCCC(C(N)c2ccnc3ccccc23)C1. The first kappa shape index (κ1) is 12.6. The van der Waals surface area contributed by atoms with Crippen LogP contribution in [0.15, 0.2) is 36.5 Å². The first-order chi connectivity index (χ1) is 9.25. The van der Waals surface area contributed by atoms with Crippen molar-refractivity contribution < 1.29 is 0 Å². The zero-order chi connectivity index (χ0) is 13.2. The molecular weight excluding hydrogens is 232 g/mol. The molecule has 3 rings (SSSR count). The number of aromatic nitrogens is 1. The maximum absolute atomic E-state index is 6.57. The minimum absolute atomic E-state index is 0.149. The van der Waals surface area contributed by atoms with E-state index in [-0.39, 0.29) is 6.04 Å². The van der Waals surface area contributed by atoms with Crippen molar-refractivity contribution in [2.24, 2.45) is 17.6 Å². The second-order valence-corrected chi connectivity index (χ2v) is 5.97. The molecule has 0 amide bonds. The van der Waals surface area contributed by atoms with Gasteiger partial charge in [0.05, 0.1) is 5.52 Å². The van der Waals surface area contributed by atoms with Crippen LogP contribution in [0.3, 0.4) is 0 Å². The molecule has 2 N–H and O–H groups in total. The molecule has 1 heterocycles. The van der Waals surface area contributed by atoms with Gasteiger partial charge in [0.15, 0.2) is 0 Å². The van der Waals surface area contributed by atoms with Gasteiger partial charge in [0.1, 0.15) is 0 Å². The van der Waals surface area contributed by atoms with Gasteiger partial charge in [-0.3, -0.25) is 4.98 Å². The molecule has 0 saturated heterocycles. The Kier molecular flexibility index (Phi) is 3.52. The average molecular weight is 254 g/mol. The van der Waals surface area contributed by atoms with E-state index >= 15 is 0 Å². The van der Waals surface area contributed by atoms with Crippen molar-refractivity contribution in [2.75, 3.05) is 0 Å². The molecular formula is C17H22N2. The lowest BCUT2D eigenvalue weighted by molar-refractivity contribution is 0.248. The predicted octanol–water partition coefficient (Wildman–Crippen LogP) is 4.06. The Morgan fingerprint density at radius 2 is 2.05 bits per heavy atom. The first-order valence-electron chi connectivity index (χ1n) is 7.35. The maximum atomic E-state index is 6.57. The Hall–Kier alpha value is -1.41. The third kappa shape index (κ3) is 2.50. The molecule has 1 aliphatic carbocycles. The zero-order valence-corrected chi connectivity index (χ0v) is 11.5. The molecule has 1 aliphatic rings. The number of nitrogens with zero attached hydrogens (tertiary/aromatic N) is 1. The maximum Gasteiger partial charge on any atom is 0.0705 e. The fourth-order valence-corrected chi connectivity index (χ4v) is 3.47. The van der Waals surface area contributed by atoms with Crippen molar-refractivity contribution in [3.05, 3.63) is 42.1 Å². The van der Waals surface area contributed by atoms with Gasteiger partial charge in [-0.05, 0) is 42.4 Å². The van der Waals surface area contributed by atoms with Crippen molar-refractivity contribution in [1.29, 1.82) is 0 Å². The molecule has 100 valence electrons. The van der Waals surface area contributed by atoms with E-state index in [4.69, 9.17) is 5.73 Å². The van der Waals surface area contributed by atoms with Gasteiger partial charge in [-0.15, -0.1) is 0 Å². The minimum atomic E-state index is 0.149. The molecule has 1 aromatic heterocycles. The second-order valence-electron chi connectivity index (χ2n) is 5.97. The lowest BCUT2D eigenvalue weighted by atomic mass is 9.76. The highest BCUT2D eigenvalue weighted by Crippen LogP contribution is 2.37. The highest BCUT2D eigenvalue weighted by molar-refractivity contribution is 5.82. The predicted molar refractivity (Wildman–Crippen MR) is 79.8 cm³/mol. The molecule has 0 spiro atoms. The van der Waals surface area contributed by atoms with E-state index in [2.05, 4.69) is 36.2 Å². The summed E-state index contributed by atoms with van der Waals surface area (Å²) in [6.07, 6.45) is 7.10. The van der Waals surface area contributed by atoms with Crippen molar-refractivity contribution in [3.8, 4) is 0 Å². The molecule has 2 heteroatoms. The summed E-state index contributed by atoms with van der Waals surface area (Å²) in [5, 5.41) is 1.22. The fraction of sp³-hybridized carbons (Fsp3) is 0.471. The van der Waals surface area contributed by atoms with Gasteiger partial charge < -0.3 is 5.73 Å². The second kappa shape index (κ2) is 5.30. The summed E-state index contributed by atoms with van der Waals surface area (Å²) < 4.78 is 0. The smallest absolute Gasteiger partial charge is 0.0705 e. The monoisotopic (exact) mass is 254 g/mol.